The van der Waals surface area contributed by atoms with Crippen LogP contribution in [0.3, 0.4) is 0 Å². The molecule has 5 nitrogen and oxygen atoms in total. The average molecular weight is 309 g/mol. The molecule has 1 unspecified atom stereocenters. The van der Waals surface area contributed by atoms with E-state index in [2.05, 4.69) is 4.98 Å². The Hall–Kier alpha value is -0.980. The molecule has 2 aliphatic rings. The molecule has 0 bridgehead atoms. The van der Waals surface area contributed by atoms with E-state index in [0.29, 0.717) is 32.1 Å². The third-order valence-electron chi connectivity index (χ3n) is 4.53. The smallest absolute Gasteiger partial charge is 0.265 e. The second-order valence-corrected chi connectivity index (χ2v) is 7.87. The van der Waals surface area contributed by atoms with Crippen LogP contribution in [-0.4, -0.2) is 48.2 Å². The molecule has 2 fully saturated rings. The van der Waals surface area contributed by atoms with Crippen LogP contribution < -0.4 is 0 Å². The maximum absolute atomic E-state index is 12.8. The Bertz CT molecular complexity index is 556. The number of hydrogen-bond donors (Lipinski definition) is 0. The van der Waals surface area contributed by atoms with E-state index in [1.165, 1.54) is 5.56 Å². The van der Waals surface area contributed by atoms with Crippen LogP contribution >= 0.6 is 0 Å². The molecule has 21 heavy (non-hydrogen) atoms. The van der Waals surface area contributed by atoms with Gasteiger partial charge in [-0.2, -0.15) is 17.0 Å². The minimum Gasteiger partial charge on any atom is -0.265 e. The Morgan fingerprint density at radius 2 is 1.62 bits per heavy atom. The van der Waals surface area contributed by atoms with Crippen LogP contribution in [0, 0.1) is 0 Å². The van der Waals surface area contributed by atoms with E-state index in [1.54, 1.807) is 21.0 Å². The summed E-state index contributed by atoms with van der Waals surface area (Å²) in [6.07, 6.45) is 8.67. The predicted octanol–water partition coefficient (Wildman–Crippen LogP) is 1.99. The fourth-order valence-corrected chi connectivity index (χ4v) is 5.09. The van der Waals surface area contributed by atoms with Crippen molar-refractivity contribution >= 4 is 10.2 Å². The van der Waals surface area contributed by atoms with Crippen LogP contribution in [0.2, 0.25) is 0 Å². The van der Waals surface area contributed by atoms with Crippen molar-refractivity contribution in [3.05, 3.63) is 30.1 Å². The van der Waals surface area contributed by atoms with Crippen LogP contribution in [0.25, 0.3) is 0 Å². The molecule has 0 saturated carbocycles. The van der Waals surface area contributed by atoms with Gasteiger partial charge in [0.2, 0.25) is 0 Å². The topological polar surface area (TPSA) is 53.5 Å². The largest absolute Gasteiger partial charge is 0.281 e. The third kappa shape index (κ3) is 3.27. The van der Waals surface area contributed by atoms with E-state index in [1.807, 2.05) is 12.1 Å². The van der Waals surface area contributed by atoms with Crippen molar-refractivity contribution in [3.8, 4) is 0 Å². The van der Waals surface area contributed by atoms with Gasteiger partial charge in [-0.15, -0.1) is 0 Å². The molecular formula is C15H23N3O2S. The van der Waals surface area contributed by atoms with Gasteiger partial charge in [-0.3, -0.25) is 4.98 Å². The van der Waals surface area contributed by atoms with Crippen molar-refractivity contribution in [2.24, 2.45) is 0 Å². The number of hydrogen-bond acceptors (Lipinski definition) is 3. The SMILES string of the molecule is O=S(=O)(N1CCCCC1)N1CCCC(c2ccncc2)C1. The molecule has 1 atom stereocenters. The van der Waals surface area contributed by atoms with Crippen molar-refractivity contribution < 1.29 is 8.42 Å². The molecule has 0 aliphatic carbocycles. The van der Waals surface area contributed by atoms with Crippen molar-refractivity contribution in [1.82, 2.24) is 13.6 Å². The maximum atomic E-state index is 12.8. The summed E-state index contributed by atoms with van der Waals surface area (Å²) in [5.74, 6) is 0.293. The molecule has 1 aromatic heterocycles. The van der Waals surface area contributed by atoms with E-state index in [9.17, 15) is 8.42 Å². The highest BCUT2D eigenvalue weighted by molar-refractivity contribution is 7.86. The summed E-state index contributed by atoms with van der Waals surface area (Å²) in [7, 11) is -3.27. The van der Waals surface area contributed by atoms with Crippen LogP contribution in [0.1, 0.15) is 43.6 Å². The lowest BCUT2D eigenvalue weighted by Gasteiger charge is -2.36. The lowest BCUT2D eigenvalue weighted by molar-refractivity contribution is 0.267. The van der Waals surface area contributed by atoms with Gasteiger partial charge < -0.3 is 0 Å². The highest BCUT2D eigenvalue weighted by atomic mass is 32.2. The number of aromatic nitrogens is 1. The first kappa shape index (κ1) is 14.9. The molecular weight excluding hydrogens is 286 g/mol. The van der Waals surface area contributed by atoms with E-state index in [4.69, 9.17) is 0 Å². The first-order valence-electron chi connectivity index (χ1n) is 7.83. The Kier molecular flexibility index (Phi) is 4.57. The fourth-order valence-electron chi connectivity index (χ4n) is 3.32. The number of piperidine rings is 2. The van der Waals surface area contributed by atoms with E-state index in [0.717, 1.165) is 32.1 Å². The normalized spacial score (nSPS) is 25.8. The fraction of sp³-hybridized carbons (Fsp3) is 0.667. The van der Waals surface area contributed by atoms with E-state index >= 15 is 0 Å². The minimum atomic E-state index is -3.27. The Labute approximate surface area is 127 Å². The Morgan fingerprint density at radius 3 is 2.33 bits per heavy atom. The molecule has 2 aliphatic heterocycles. The highest BCUT2D eigenvalue weighted by Crippen LogP contribution is 2.29. The summed E-state index contributed by atoms with van der Waals surface area (Å²) in [5.41, 5.74) is 1.20. The summed E-state index contributed by atoms with van der Waals surface area (Å²) in [5, 5.41) is 0. The molecule has 2 saturated heterocycles. The summed E-state index contributed by atoms with van der Waals surface area (Å²) in [6, 6.07) is 4.00. The Balaban J connectivity index is 1.73. The lowest BCUT2D eigenvalue weighted by Crippen LogP contribution is -2.49. The molecule has 1 aromatic rings. The van der Waals surface area contributed by atoms with Gasteiger partial charge in [-0.1, -0.05) is 6.42 Å². The number of rotatable bonds is 3. The van der Waals surface area contributed by atoms with E-state index < -0.39 is 10.2 Å². The molecule has 0 aromatic carbocycles. The maximum Gasteiger partial charge on any atom is 0.281 e. The highest BCUT2D eigenvalue weighted by Gasteiger charge is 2.34. The average Bonchev–Trinajstić information content (AvgIpc) is 2.57. The standard InChI is InChI=1S/C15H23N3O2S/c19-21(20,17-10-2-1-3-11-17)18-12-4-5-15(13-18)14-6-8-16-9-7-14/h6-9,15H,1-5,10-13H2. The van der Waals surface area contributed by atoms with Crippen LogP contribution in [0.4, 0.5) is 0 Å². The first-order valence-corrected chi connectivity index (χ1v) is 9.23. The molecule has 116 valence electrons. The van der Waals surface area contributed by atoms with E-state index in [-0.39, 0.29) is 0 Å². The number of nitrogens with zero attached hydrogens (tertiary/aromatic N) is 3. The summed E-state index contributed by atoms with van der Waals surface area (Å²) in [6.45, 7) is 2.61. The molecule has 6 heteroatoms. The van der Waals surface area contributed by atoms with Gasteiger partial charge >= 0.3 is 0 Å². The quantitative estimate of drug-likeness (QED) is 0.858. The van der Waals surface area contributed by atoms with Crippen molar-refractivity contribution in [2.75, 3.05) is 26.2 Å². The molecule has 0 amide bonds. The van der Waals surface area contributed by atoms with Gasteiger partial charge in [0.1, 0.15) is 0 Å². The lowest BCUT2D eigenvalue weighted by atomic mass is 9.92. The Morgan fingerprint density at radius 1 is 0.952 bits per heavy atom. The van der Waals surface area contributed by atoms with Crippen molar-refractivity contribution in [3.63, 3.8) is 0 Å². The zero-order valence-corrected chi connectivity index (χ0v) is 13.1. The van der Waals surface area contributed by atoms with Crippen LogP contribution in [-0.2, 0) is 10.2 Å². The van der Waals surface area contributed by atoms with Crippen LogP contribution in [0.15, 0.2) is 24.5 Å². The van der Waals surface area contributed by atoms with Crippen molar-refractivity contribution in [2.45, 2.75) is 38.0 Å². The zero-order valence-electron chi connectivity index (χ0n) is 12.3. The first-order chi connectivity index (χ1) is 10.2. The molecule has 0 radical (unpaired) electrons. The third-order valence-corrected chi connectivity index (χ3v) is 6.53. The van der Waals surface area contributed by atoms with Gasteiger partial charge in [0.25, 0.3) is 10.2 Å². The zero-order chi connectivity index (χ0) is 14.7. The molecule has 0 spiro atoms. The van der Waals surface area contributed by atoms with Gasteiger partial charge in [0.15, 0.2) is 0 Å². The monoisotopic (exact) mass is 309 g/mol. The second-order valence-electron chi connectivity index (χ2n) is 5.95. The van der Waals surface area contributed by atoms with Crippen LogP contribution in [0.5, 0.6) is 0 Å². The summed E-state index contributed by atoms with van der Waals surface area (Å²) in [4.78, 5) is 4.04. The molecule has 0 N–H and O–H groups in total. The molecule has 3 heterocycles. The van der Waals surface area contributed by atoms with Crippen molar-refractivity contribution in [1.29, 1.82) is 0 Å². The van der Waals surface area contributed by atoms with Gasteiger partial charge in [-0.25, -0.2) is 0 Å². The predicted molar refractivity (Wildman–Crippen MR) is 82.1 cm³/mol. The summed E-state index contributed by atoms with van der Waals surface area (Å²) >= 11 is 0. The molecule has 3 rings (SSSR count). The number of pyridine rings is 1. The van der Waals surface area contributed by atoms with Gasteiger partial charge in [-0.05, 0) is 49.3 Å². The second kappa shape index (κ2) is 6.42. The van der Waals surface area contributed by atoms with Gasteiger partial charge in [0.05, 0.1) is 0 Å². The minimum absolute atomic E-state index is 0.293. The summed E-state index contributed by atoms with van der Waals surface area (Å²) < 4.78 is 28.9. The van der Waals surface area contributed by atoms with Gasteiger partial charge in [0, 0.05) is 38.6 Å².